The maximum atomic E-state index is 12.6. The highest BCUT2D eigenvalue weighted by molar-refractivity contribution is 7.10. The molecule has 3 aromatic heterocycles. The predicted octanol–water partition coefficient (Wildman–Crippen LogP) is 2.75. The fourth-order valence-corrected chi connectivity index (χ4v) is 3.80. The van der Waals surface area contributed by atoms with Gasteiger partial charge in [-0.3, -0.25) is 9.59 Å². The van der Waals surface area contributed by atoms with Crippen LogP contribution < -0.4 is 5.56 Å². The van der Waals surface area contributed by atoms with E-state index in [1.807, 2.05) is 4.90 Å². The number of thiophene rings is 1. The standard InChI is InChI=1S/C18H16N2O3S/c21-17-3-1-2-8-19(17)12-14-4-5-15(23-14)18(22)20-9-6-16-13(11-20)7-10-24-16/h1-5,7-8,10H,6,9,11-12H2. The van der Waals surface area contributed by atoms with Crippen LogP contribution in [0.1, 0.15) is 26.8 Å². The van der Waals surface area contributed by atoms with Crippen molar-refractivity contribution in [2.45, 2.75) is 19.5 Å². The molecule has 1 aliphatic rings. The van der Waals surface area contributed by atoms with Gasteiger partial charge in [0.2, 0.25) is 0 Å². The summed E-state index contributed by atoms with van der Waals surface area (Å²) in [5.74, 6) is 0.825. The summed E-state index contributed by atoms with van der Waals surface area (Å²) in [6.07, 6.45) is 2.60. The molecule has 4 rings (SSSR count). The van der Waals surface area contributed by atoms with Gasteiger partial charge in [-0.15, -0.1) is 11.3 Å². The molecule has 0 radical (unpaired) electrons. The third-order valence-electron chi connectivity index (χ3n) is 4.19. The van der Waals surface area contributed by atoms with E-state index in [1.165, 1.54) is 16.5 Å². The molecule has 0 N–H and O–H groups in total. The van der Waals surface area contributed by atoms with Gasteiger partial charge in [-0.25, -0.2) is 0 Å². The van der Waals surface area contributed by atoms with Crippen LogP contribution in [0, 0.1) is 0 Å². The van der Waals surface area contributed by atoms with Gasteiger partial charge in [0.05, 0.1) is 6.54 Å². The fraction of sp³-hybridized carbons (Fsp3) is 0.222. The Morgan fingerprint density at radius 2 is 2.12 bits per heavy atom. The Labute approximate surface area is 142 Å². The van der Waals surface area contributed by atoms with Crippen molar-refractivity contribution in [3.05, 3.63) is 80.3 Å². The summed E-state index contributed by atoms with van der Waals surface area (Å²) < 4.78 is 7.23. The van der Waals surface area contributed by atoms with E-state index in [-0.39, 0.29) is 11.5 Å². The summed E-state index contributed by atoms with van der Waals surface area (Å²) in [6.45, 7) is 1.66. The molecule has 122 valence electrons. The molecule has 6 heteroatoms. The van der Waals surface area contributed by atoms with Gasteiger partial charge < -0.3 is 13.9 Å². The molecule has 24 heavy (non-hydrogen) atoms. The van der Waals surface area contributed by atoms with Crippen molar-refractivity contribution < 1.29 is 9.21 Å². The first kappa shape index (κ1) is 15.0. The minimum Gasteiger partial charge on any atom is -0.454 e. The van der Waals surface area contributed by atoms with Crippen molar-refractivity contribution in [1.82, 2.24) is 9.47 Å². The monoisotopic (exact) mass is 340 g/mol. The zero-order valence-electron chi connectivity index (χ0n) is 13.0. The van der Waals surface area contributed by atoms with Crippen LogP contribution in [-0.2, 0) is 19.5 Å². The normalized spacial score (nSPS) is 13.8. The summed E-state index contributed by atoms with van der Waals surface area (Å²) >= 11 is 1.75. The first-order valence-electron chi connectivity index (χ1n) is 7.79. The SMILES string of the molecule is O=C(c1ccc(Cn2ccccc2=O)o1)N1CCc2sccc2C1. The molecule has 0 spiro atoms. The van der Waals surface area contributed by atoms with Crippen molar-refractivity contribution in [1.29, 1.82) is 0 Å². The van der Waals surface area contributed by atoms with Crippen molar-refractivity contribution in [3.8, 4) is 0 Å². The number of furan rings is 1. The molecule has 1 amide bonds. The molecule has 0 bridgehead atoms. The van der Waals surface area contributed by atoms with E-state index in [0.29, 0.717) is 31.2 Å². The number of rotatable bonds is 3. The highest BCUT2D eigenvalue weighted by Crippen LogP contribution is 2.25. The molecule has 4 heterocycles. The van der Waals surface area contributed by atoms with E-state index in [4.69, 9.17) is 4.42 Å². The van der Waals surface area contributed by atoms with Crippen molar-refractivity contribution in [2.24, 2.45) is 0 Å². The molecule has 0 fully saturated rings. The zero-order chi connectivity index (χ0) is 16.5. The van der Waals surface area contributed by atoms with Gasteiger partial charge in [0.15, 0.2) is 5.76 Å². The van der Waals surface area contributed by atoms with E-state index in [1.54, 1.807) is 46.4 Å². The quantitative estimate of drug-likeness (QED) is 0.737. The summed E-state index contributed by atoms with van der Waals surface area (Å²) in [5.41, 5.74) is 1.13. The first-order valence-corrected chi connectivity index (χ1v) is 8.67. The Morgan fingerprint density at radius 3 is 3.00 bits per heavy atom. The molecule has 1 aliphatic heterocycles. The van der Waals surface area contributed by atoms with Crippen LogP contribution in [0.25, 0.3) is 0 Å². The zero-order valence-corrected chi connectivity index (χ0v) is 13.8. The number of hydrogen-bond donors (Lipinski definition) is 0. The topological polar surface area (TPSA) is 55.5 Å². The number of carbonyl (C=O) groups is 1. The molecule has 0 aliphatic carbocycles. The van der Waals surface area contributed by atoms with E-state index in [2.05, 4.69) is 11.4 Å². The average molecular weight is 340 g/mol. The van der Waals surface area contributed by atoms with Crippen molar-refractivity contribution in [2.75, 3.05) is 6.54 Å². The second kappa shape index (κ2) is 6.13. The number of nitrogens with zero attached hydrogens (tertiary/aromatic N) is 2. The van der Waals surface area contributed by atoms with Crippen LogP contribution in [0.3, 0.4) is 0 Å². The highest BCUT2D eigenvalue weighted by Gasteiger charge is 2.24. The third kappa shape index (κ3) is 2.80. The number of carbonyl (C=O) groups excluding carboxylic acids is 1. The van der Waals surface area contributed by atoms with Gasteiger partial charge in [-0.2, -0.15) is 0 Å². The van der Waals surface area contributed by atoms with Crippen LogP contribution in [0.5, 0.6) is 0 Å². The van der Waals surface area contributed by atoms with Gasteiger partial charge >= 0.3 is 0 Å². The largest absolute Gasteiger partial charge is 0.454 e. The average Bonchev–Trinajstić information content (AvgIpc) is 3.24. The number of amides is 1. The van der Waals surface area contributed by atoms with E-state index >= 15 is 0 Å². The van der Waals surface area contributed by atoms with Crippen molar-refractivity contribution in [3.63, 3.8) is 0 Å². The summed E-state index contributed by atoms with van der Waals surface area (Å²) in [4.78, 5) is 27.6. The Bertz CT molecular complexity index is 937. The Morgan fingerprint density at radius 1 is 1.21 bits per heavy atom. The first-order chi connectivity index (χ1) is 11.7. The van der Waals surface area contributed by atoms with Gasteiger partial charge in [-0.05, 0) is 41.6 Å². The molecule has 5 nitrogen and oxygen atoms in total. The lowest BCUT2D eigenvalue weighted by Crippen LogP contribution is -2.35. The summed E-state index contributed by atoms with van der Waals surface area (Å²) in [7, 11) is 0. The van der Waals surface area contributed by atoms with Crippen LogP contribution in [0.15, 0.2) is 57.2 Å². The number of aromatic nitrogens is 1. The Kier molecular flexibility index (Phi) is 3.82. The predicted molar refractivity (Wildman–Crippen MR) is 91.3 cm³/mol. The minimum absolute atomic E-state index is 0.0946. The third-order valence-corrected chi connectivity index (χ3v) is 5.22. The highest BCUT2D eigenvalue weighted by atomic mass is 32.1. The summed E-state index contributed by atoms with van der Waals surface area (Å²) in [6, 6.07) is 10.5. The lowest BCUT2D eigenvalue weighted by molar-refractivity contribution is 0.0701. The Balaban J connectivity index is 1.50. The maximum Gasteiger partial charge on any atom is 0.289 e. The second-order valence-corrected chi connectivity index (χ2v) is 6.78. The molecule has 0 atom stereocenters. The molecular weight excluding hydrogens is 324 g/mol. The van der Waals surface area contributed by atoms with Crippen LogP contribution in [0.2, 0.25) is 0 Å². The molecule has 0 saturated carbocycles. The van der Waals surface area contributed by atoms with Crippen LogP contribution >= 0.6 is 11.3 Å². The molecule has 0 unspecified atom stereocenters. The van der Waals surface area contributed by atoms with Crippen LogP contribution in [-0.4, -0.2) is 21.9 Å². The minimum atomic E-state index is -0.0986. The van der Waals surface area contributed by atoms with Gasteiger partial charge in [0.1, 0.15) is 5.76 Å². The summed E-state index contributed by atoms with van der Waals surface area (Å²) in [5, 5.41) is 2.07. The van der Waals surface area contributed by atoms with E-state index in [0.717, 1.165) is 6.42 Å². The number of pyridine rings is 1. The van der Waals surface area contributed by atoms with Crippen molar-refractivity contribution >= 4 is 17.2 Å². The molecular formula is C18H16N2O3S. The van der Waals surface area contributed by atoms with Gasteiger partial charge in [0.25, 0.3) is 11.5 Å². The number of hydrogen-bond acceptors (Lipinski definition) is 4. The lowest BCUT2D eigenvalue weighted by Gasteiger charge is -2.26. The molecule has 0 aromatic carbocycles. The smallest absolute Gasteiger partial charge is 0.289 e. The molecule has 3 aromatic rings. The van der Waals surface area contributed by atoms with E-state index in [9.17, 15) is 9.59 Å². The van der Waals surface area contributed by atoms with Gasteiger partial charge in [0, 0.05) is 30.2 Å². The maximum absolute atomic E-state index is 12.6. The van der Waals surface area contributed by atoms with Gasteiger partial charge in [-0.1, -0.05) is 6.07 Å². The Hall–Kier alpha value is -2.60. The lowest BCUT2D eigenvalue weighted by atomic mass is 10.1. The number of fused-ring (bicyclic) bond motifs is 1. The fourth-order valence-electron chi connectivity index (χ4n) is 2.91. The van der Waals surface area contributed by atoms with Crippen LogP contribution in [0.4, 0.5) is 0 Å². The second-order valence-electron chi connectivity index (χ2n) is 5.78. The molecule has 0 saturated heterocycles. The van der Waals surface area contributed by atoms with E-state index < -0.39 is 0 Å².